The Morgan fingerprint density at radius 3 is 2.75 bits per heavy atom. The Labute approximate surface area is 121 Å². The van der Waals surface area contributed by atoms with Crippen molar-refractivity contribution in [2.45, 2.75) is 24.8 Å². The number of hydrogen-bond donors (Lipinski definition) is 1. The fourth-order valence-corrected chi connectivity index (χ4v) is 2.70. The monoisotopic (exact) mass is 340 g/mol. The number of aliphatic carboxylic acids is 1. The quantitative estimate of drug-likeness (QED) is 0.926. The molecule has 0 amide bonds. The lowest BCUT2D eigenvalue weighted by Gasteiger charge is -2.37. The summed E-state index contributed by atoms with van der Waals surface area (Å²) in [5, 5.41) is 20.7. The van der Waals surface area contributed by atoms with E-state index in [9.17, 15) is 14.3 Å². The van der Waals surface area contributed by atoms with Crippen molar-refractivity contribution in [2.24, 2.45) is 0 Å². The van der Waals surface area contributed by atoms with Gasteiger partial charge in [0.05, 0.1) is 4.47 Å². The van der Waals surface area contributed by atoms with Gasteiger partial charge in [-0.15, -0.1) is 5.10 Å². The smallest absolute Gasteiger partial charge is 0.331 e. The summed E-state index contributed by atoms with van der Waals surface area (Å²) in [6.45, 7) is 0. The van der Waals surface area contributed by atoms with Crippen LogP contribution in [0.4, 0.5) is 4.39 Å². The van der Waals surface area contributed by atoms with Crippen LogP contribution in [0.15, 0.2) is 22.7 Å². The van der Waals surface area contributed by atoms with Crippen LogP contribution < -0.4 is 0 Å². The lowest BCUT2D eigenvalue weighted by molar-refractivity contribution is -0.153. The van der Waals surface area contributed by atoms with E-state index in [1.165, 1.54) is 22.9 Å². The molecule has 1 fully saturated rings. The summed E-state index contributed by atoms with van der Waals surface area (Å²) in [6.07, 6.45) is 1.80. The molecule has 0 radical (unpaired) electrons. The first kappa shape index (κ1) is 13.2. The zero-order chi connectivity index (χ0) is 14.3. The molecule has 104 valence electrons. The molecule has 1 aliphatic carbocycles. The highest BCUT2D eigenvalue weighted by molar-refractivity contribution is 9.10. The number of halogens is 2. The van der Waals surface area contributed by atoms with E-state index < -0.39 is 17.3 Å². The molecule has 1 saturated carbocycles. The molecule has 6 nitrogen and oxygen atoms in total. The fourth-order valence-electron chi connectivity index (χ4n) is 2.32. The minimum Gasteiger partial charge on any atom is -0.479 e. The van der Waals surface area contributed by atoms with E-state index in [1.54, 1.807) is 0 Å². The molecular weight excluding hydrogens is 331 g/mol. The van der Waals surface area contributed by atoms with Crippen LogP contribution in [-0.2, 0) is 10.3 Å². The van der Waals surface area contributed by atoms with E-state index in [2.05, 4.69) is 31.5 Å². The van der Waals surface area contributed by atoms with Gasteiger partial charge in [0.2, 0.25) is 0 Å². The van der Waals surface area contributed by atoms with Crippen LogP contribution in [0.3, 0.4) is 0 Å². The average molecular weight is 341 g/mol. The highest BCUT2D eigenvalue weighted by Gasteiger charge is 2.49. The van der Waals surface area contributed by atoms with E-state index in [1.807, 2.05) is 0 Å². The summed E-state index contributed by atoms with van der Waals surface area (Å²) in [4.78, 5) is 11.5. The molecule has 1 aromatic heterocycles. The number of hydrogen-bond acceptors (Lipinski definition) is 4. The number of nitrogens with zero attached hydrogens (tertiary/aromatic N) is 4. The topological polar surface area (TPSA) is 80.9 Å². The van der Waals surface area contributed by atoms with Crippen LogP contribution in [0.25, 0.3) is 11.4 Å². The van der Waals surface area contributed by atoms with E-state index >= 15 is 0 Å². The van der Waals surface area contributed by atoms with Crippen LogP contribution >= 0.6 is 15.9 Å². The summed E-state index contributed by atoms with van der Waals surface area (Å²) in [5.74, 6) is -1.02. The van der Waals surface area contributed by atoms with Gasteiger partial charge in [-0.1, -0.05) is 0 Å². The molecule has 3 rings (SSSR count). The summed E-state index contributed by atoms with van der Waals surface area (Å²) >= 11 is 3.10. The maximum absolute atomic E-state index is 13.3. The maximum Gasteiger partial charge on any atom is 0.331 e. The lowest BCUT2D eigenvalue weighted by atomic mass is 9.76. The number of rotatable bonds is 3. The molecule has 0 spiro atoms. The molecule has 0 aliphatic heterocycles. The predicted octanol–water partition coefficient (Wildman–Crippen LogP) is 2.21. The first-order chi connectivity index (χ1) is 9.54. The first-order valence-corrected chi connectivity index (χ1v) is 6.81. The van der Waals surface area contributed by atoms with Gasteiger partial charge in [-0.05, 0) is 63.8 Å². The van der Waals surface area contributed by atoms with Crippen molar-refractivity contribution in [1.29, 1.82) is 0 Å². The largest absolute Gasteiger partial charge is 0.479 e. The summed E-state index contributed by atoms with van der Waals surface area (Å²) in [7, 11) is 0. The van der Waals surface area contributed by atoms with Gasteiger partial charge in [0, 0.05) is 5.56 Å². The predicted molar refractivity (Wildman–Crippen MR) is 70.4 cm³/mol. The van der Waals surface area contributed by atoms with Gasteiger partial charge in [0.25, 0.3) is 0 Å². The van der Waals surface area contributed by atoms with Gasteiger partial charge >= 0.3 is 5.97 Å². The highest BCUT2D eigenvalue weighted by atomic mass is 79.9. The standard InChI is InChI=1S/C12H10BrFN4O2/c13-8-6-7(2-3-9(8)14)10-15-16-17-18(10)12(11(19)20)4-1-5-12/h2-3,6H,1,4-5H2,(H,19,20). The molecule has 8 heteroatoms. The van der Waals surface area contributed by atoms with Crippen molar-refractivity contribution in [2.75, 3.05) is 0 Å². The second-order valence-corrected chi connectivity index (χ2v) is 5.59. The Balaban J connectivity index is 2.10. The average Bonchev–Trinajstić information content (AvgIpc) is 2.80. The number of aromatic nitrogens is 4. The van der Waals surface area contributed by atoms with Crippen LogP contribution in [0, 0.1) is 5.82 Å². The van der Waals surface area contributed by atoms with Crippen LogP contribution in [0.5, 0.6) is 0 Å². The molecule has 0 unspecified atom stereocenters. The molecule has 1 aliphatic rings. The molecule has 1 heterocycles. The number of benzene rings is 1. The second-order valence-electron chi connectivity index (χ2n) is 4.73. The number of carboxylic acids is 1. The molecule has 1 N–H and O–H groups in total. The first-order valence-electron chi connectivity index (χ1n) is 6.02. The van der Waals surface area contributed by atoms with E-state index in [0.717, 1.165) is 6.42 Å². The van der Waals surface area contributed by atoms with Gasteiger partial charge in [0.1, 0.15) is 5.82 Å². The van der Waals surface area contributed by atoms with Crippen LogP contribution in [-0.4, -0.2) is 31.3 Å². The third kappa shape index (κ3) is 1.82. The summed E-state index contributed by atoms with van der Waals surface area (Å²) < 4.78 is 14.9. The summed E-state index contributed by atoms with van der Waals surface area (Å²) in [5.41, 5.74) is -0.518. The van der Waals surface area contributed by atoms with Crippen molar-refractivity contribution in [3.8, 4) is 11.4 Å². The van der Waals surface area contributed by atoms with Crippen molar-refractivity contribution < 1.29 is 14.3 Å². The van der Waals surface area contributed by atoms with E-state index in [-0.39, 0.29) is 4.47 Å². The zero-order valence-electron chi connectivity index (χ0n) is 10.3. The summed E-state index contributed by atoms with van der Waals surface area (Å²) in [6, 6.07) is 4.34. The fraction of sp³-hybridized carbons (Fsp3) is 0.333. The van der Waals surface area contributed by atoms with Crippen molar-refractivity contribution >= 4 is 21.9 Å². The molecule has 2 aromatic rings. The number of carboxylic acid groups (broad SMARTS) is 1. The highest BCUT2D eigenvalue weighted by Crippen LogP contribution is 2.41. The zero-order valence-corrected chi connectivity index (χ0v) is 11.8. The second kappa shape index (κ2) is 4.62. The number of carbonyl (C=O) groups is 1. The van der Waals surface area contributed by atoms with Gasteiger partial charge < -0.3 is 5.11 Å². The molecule has 0 bridgehead atoms. The van der Waals surface area contributed by atoms with Gasteiger partial charge in [0.15, 0.2) is 11.4 Å². The van der Waals surface area contributed by atoms with E-state index in [0.29, 0.717) is 24.2 Å². The molecule has 20 heavy (non-hydrogen) atoms. The Bertz CT molecular complexity index is 684. The van der Waals surface area contributed by atoms with Crippen molar-refractivity contribution in [1.82, 2.24) is 20.2 Å². The lowest BCUT2D eigenvalue weighted by Crippen LogP contribution is -2.48. The normalized spacial score (nSPS) is 16.7. The number of tetrazole rings is 1. The third-order valence-corrected chi connectivity index (χ3v) is 4.24. The van der Waals surface area contributed by atoms with Crippen molar-refractivity contribution in [3.63, 3.8) is 0 Å². The maximum atomic E-state index is 13.3. The van der Waals surface area contributed by atoms with Crippen molar-refractivity contribution in [3.05, 3.63) is 28.5 Å². The molecular formula is C12H10BrFN4O2. The van der Waals surface area contributed by atoms with Gasteiger partial charge in [-0.2, -0.15) is 0 Å². The Morgan fingerprint density at radius 1 is 1.45 bits per heavy atom. The Morgan fingerprint density at radius 2 is 2.20 bits per heavy atom. The van der Waals surface area contributed by atoms with Crippen LogP contribution in [0.2, 0.25) is 0 Å². The Kier molecular flexibility index (Phi) is 3.04. The molecule has 0 atom stereocenters. The van der Waals surface area contributed by atoms with Crippen LogP contribution in [0.1, 0.15) is 19.3 Å². The van der Waals surface area contributed by atoms with Gasteiger partial charge in [-0.25, -0.2) is 13.9 Å². The third-order valence-electron chi connectivity index (χ3n) is 3.63. The minimum atomic E-state index is -1.08. The van der Waals surface area contributed by atoms with E-state index in [4.69, 9.17) is 0 Å². The molecule has 1 aromatic carbocycles. The minimum absolute atomic E-state index is 0.280. The SMILES string of the molecule is O=C(O)C1(n2nnnc2-c2ccc(F)c(Br)c2)CCC1. The molecule has 0 saturated heterocycles. The Hall–Kier alpha value is -1.83. The van der Waals surface area contributed by atoms with Gasteiger partial charge in [-0.3, -0.25) is 0 Å².